The Hall–Kier alpha value is -1.77. The first kappa shape index (κ1) is 15.3. The van der Waals surface area contributed by atoms with Gasteiger partial charge in [0.2, 0.25) is 11.8 Å². The molecule has 0 amide bonds. The summed E-state index contributed by atoms with van der Waals surface area (Å²) in [6.45, 7) is 1.86. The second kappa shape index (κ2) is 6.98. The largest absolute Gasteiger partial charge is 0.362 e. The highest BCUT2D eigenvalue weighted by Gasteiger charge is 2.18. The fraction of sp³-hybridized carbons (Fsp3) is 0.600. The van der Waals surface area contributed by atoms with Crippen molar-refractivity contribution in [1.29, 1.82) is 0 Å². The van der Waals surface area contributed by atoms with E-state index < -0.39 is 15.7 Å². The topological polar surface area (TPSA) is 110 Å². The summed E-state index contributed by atoms with van der Waals surface area (Å²) in [5.41, 5.74) is -0.177. The average Bonchev–Trinajstić information content (AvgIpc) is 2.35. The van der Waals surface area contributed by atoms with Gasteiger partial charge in [-0.25, -0.2) is 4.98 Å². The number of nitrogens with zero attached hydrogens (tertiary/aromatic N) is 3. The summed E-state index contributed by atoms with van der Waals surface area (Å²) >= 11 is 0. The van der Waals surface area contributed by atoms with Crippen molar-refractivity contribution in [1.82, 2.24) is 9.97 Å². The van der Waals surface area contributed by atoms with Crippen molar-refractivity contribution in [2.45, 2.75) is 19.4 Å². The van der Waals surface area contributed by atoms with Gasteiger partial charge in [-0.2, -0.15) is 4.98 Å². The van der Waals surface area contributed by atoms with Gasteiger partial charge in [0.1, 0.15) is 6.20 Å². The summed E-state index contributed by atoms with van der Waals surface area (Å²) in [6, 6.07) is -0.0674. The van der Waals surface area contributed by atoms with Gasteiger partial charge in [0, 0.05) is 35.9 Å². The van der Waals surface area contributed by atoms with E-state index >= 15 is 0 Å². The van der Waals surface area contributed by atoms with E-state index in [2.05, 4.69) is 20.6 Å². The smallest absolute Gasteiger partial charge is 0.329 e. The van der Waals surface area contributed by atoms with Crippen molar-refractivity contribution in [2.24, 2.45) is 0 Å². The van der Waals surface area contributed by atoms with E-state index in [9.17, 15) is 14.3 Å². The molecule has 0 fully saturated rings. The van der Waals surface area contributed by atoms with Crippen molar-refractivity contribution in [3.8, 4) is 0 Å². The molecule has 0 saturated carbocycles. The number of nitro groups is 1. The number of nitrogens with one attached hydrogen (secondary N) is 2. The number of hydrogen-bond acceptors (Lipinski definition) is 7. The molecule has 2 unspecified atom stereocenters. The molecule has 0 bridgehead atoms. The molecule has 1 aromatic rings. The van der Waals surface area contributed by atoms with Crippen LogP contribution in [0.3, 0.4) is 0 Å². The van der Waals surface area contributed by atoms with Crippen LogP contribution in [0.25, 0.3) is 0 Å². The number of hydrogen-bond donors (Lipinski definition) is 2. The molecular formula is C10H17N5O3S. The molecular weight excluding hydrogens is 270 g/mol. The highest BCUT2D eigenvalue weighted by Crippen LogP contribution is 2.22. The van der Waals surface area contributed by atoms with Crippen LogP contribution >= 0.6 is 0 Å². The van der Waals surface area contributed by atoms with Gasteiger partial charge >= 0.3 is 5.69 Å². The molecule has 1 heterocycles. The van der Waals surface area contributed by atoms with Gasteiger partial charge in [-0.3, -0.25) is 14.3 Å². The van der Waals surface area contributed by atoms with E-state index in [0.717, 1.165) is 6.20 Å². The Balaban J connectivity index is 2.84. The van der Waals surface area contributed by atoms with Crippen LogP contribution in [0.15, 0.2) is 6.20 Å². The lowest BCUT2D eigenvalue weighted by atomic mass is 10.2. The van der Waals surface area contributed by atoms with Crippen LogP contribution < -0.4 is 10.6 Å². The summed E-state index contributed by atoms with van der Waals surface area (Å²) in [7, 11) is 0.750. The lowest BCUT2D eigenvalue weighted by Gasteiger charge is -2.14. The lowest BCUT2D eigenvalue weighted by molar-refractivity contribution is -0.384. The Bertz CT molecular complexity index is 482. The van der Waals surface area contributed by atoms with Crippen molar-refractivity contribution in [3.05, 3.63) is 16.3 Å². The maximum atomic E-state index is 11.0. The Labute approximate surface area is 113 Å². The lowest BCUT2D eigenvalue weighted by Crippen LogP contribution is -2.20. The van der Waals surface area contributed by atoms with Gasteiger partial charge in [0.15, 0.2) is 0 Å². The predicted molar refractivity (Wildman–Crippen MR) is 74.9 cm³/mol. The molecule has 0 saturated heterocycles. The zero-order valence-electron chi connectivity index (χ0n) is 11.0. The van der Waals surface area contributed by atoms with Crippen molar-refractivity contribution in [3.63, 3.8) is 0 Å². The predicted octanol–water partition coefficient (Wildman–Crippen LogP) is 0.995. The first-order valence-electron chi connectivity index (χ1n) is 5.69. The quantitative estimate of drug-likeness (QED) is 0.568. The Morgan fingerprint density at radius 1 is 1.58 bits per heavy atom. The van der Waals surface area contributed by atoms with Crippen LogP contribution in [-0.4, -0.2) is 44.2 Å². The minimum atomic E-state index is -0.883. The molecule has 0 aliphatic carbocycles. The fourth-order valence-electron chi connectivity index (χ4n) is 1.38. The highest BCUT2D eigenvalue weighted by atomic mass is 32.2. The second-order valence-corrected chi connectivity index (χ2v) is 5.60. The van der Waals surface area contributed by atoms with Gasteiger partial charge < -0.3 is 10.6 Å². The zero-order valence-corrected chi connectivity index (χ0v) is 11.9. The normalized spacial score (nSPS) is 13.6. The summed E-state index contributed by atoms with van der Waals surface area (Å²) < 4.78 is 11.0. The molecule has 1 aromatic heterocycles. The van der Waals surface area contributed by atoms with E-state index in [0.29, 0.717) is 18.1 Å². The molecule has 0 aromatic carbocycles. The van der Waals surface area contributed by atoms with Crippen LogP contribution in [0.4, 0.5) is 17.5 Å². The monoisotopic (exact) mass is 287 g/mol. The Kier molecular flexibility index (Phi) is 5.61. The Morgan fingerprint density at radius 3 is 2.79 bits per heavy atom. The van der Waals surface area contributed by atoms with E-state index in [1.807, 2.05) is 6.92 Å². The molecule has 2 atom stereocenters. The molecule has 8 nitrogen and oxygen atoms in total. The van der Waals surface area contributed by atoms with Crippen molar-refractivity contribution < 1.29 is 9.13 Å². The van der Waals surface area contributed by atoms with Crippen LogP contribution in [0.1, 0.15) is 13.3 Å². The molecule has 106 valence electrons. The summed E-state index contributed by atoms with van der Waals surface area (Å²) in [6.07, 6.45) is 3.42. The summed E-state index contributed by atoms with van der Waals surface area (Å²) in [5, 5.41) is 16.6. The standard InChI is InChI=1S/C10H17N5O3S/c1-7(4-5-19(3)18)13-9-8(15(16)17)6-12-10(11-2)14-9/h6-7H,4-5H2,1-3H3,(H2,11,12,13,14). The Morgan fingerprint density at radius 2 is 2.26 bits per heavy atom. The van der Waals surface area contributed by atoms with E-state index in [1.54, 1.807) is 13.3 Å². The van der Waals surface area contributed by atoms with Gasteiger partial charge in [-0.15, -0.1) is 0 Å². The van der Waals surface area contributed by atoms with E-state index in [4.69, 9.17) is 0 Å². The van der Waals surface area contributed by atoms with Crippen LogP contribution in [0.5, 0.6) is 0 Å². The molecule has 0 spiro atoms. The minimum absolute atomic E-state index is 0.0674. The van der Waals surface area contributed by atoms with Crippen LogP contribution in [0.2, 0.25) is 0 Å². The second-order valence-electron chi connectivity index (χ2n) is 4.05. The molecule has 2 N–H and O–H groups in total. The summed E-state index contributed by atoms with van der Waals surface area (Å²) in [4.78, 5) is 18.2. The summed E-state index contributed by atoms with van der Waals surface area (Å²) in [5.74, 6) is 1.00. The van der Waals surface area contributed by atoms with Gasteiger partial charge in [-0.1, -0.05) is 0 Å². The first-order chi connectivity index (χ1) is 8.93. The maximum absolute atomic E-state index is 11.0. The number of aromatic nitrogens is 2. The zero-order chi connectivity index (χ0) is 14.4. The van der Waals surface area contributed by atoms with E-state index in [1.165, 1.54) is 0 Å². The third kappa shape index (κ3) is 4.78. The molecule has 19 heavy (non-hydrogen) atoms. The van der Waals surface area contributed by atoms with E-state index in [-0.39, 0.29) is 17.5 Å². The van der Waals surface area contributed by atoms with Crippen molar-refractivity contribution in [2.75, 3.05) is 29.7 Å². The van der Waals surface area contributed by atoms with Crippen LogP contribution in [0, 0.1) is 10.1 Å². The van der Waals surface area contributed by atoms with Gasteiger partial charge in [-0.05, 0) is 13.3 Å². The van der Waals surface area contributed by atoms with Gasteiger partial charge in [0.25, 0.3) is 0 Å². The maximum Gasteiger partial charge on any atom is 0.329 e. The molecule has 1 rings (SSSR count). The molecule has 0 radical (unpaired) electrons. The SMILES string of the molecule is CNc1ncc([N+](=O)[O-])c(NC(C)CCS(C)=O)n1. The minimum Gasteiger partial charge on any atom is -0.362 e. The highest BCUT2D eigenvalue weighted by molar-refractivity contribution is 7.84. The number of rotatable bonds is 7. The number of anilines is 2. The molecule has 0 aliphatic rings. The third-order valence-corrected chi connectivity index (χ3v) is 3.22. The average molecular weight is 287 g/mol. The van der Waals surface area contributed by atoms with Crippen molar-refractivity contribution >= 4 is 28.3 Å². The van der Waals surface area contributed by atoms with Crippen LogP contribution in [-0.2, 0) is 10.8 Å². The third-order valence-electron chi connectivity index (χ3n) is 2.41. The fourth-order valence-corrected chi connectivity index (χ4v) is 2.07. The molecule has 0 aliphatic heterocycles. The van der Waals surface area contributed by atoms with Gasteiger partial charge in [0.05, 0.1) is 4.92 Å². The molecule has 9 heteroatoms. The first-order valence-corrected chi connectivity index (χ1v) is 7.42.